The maximum atomic E-state index is 12.8. The summed E-state index contributed by atoms with van der Waals surface area (Å²) in [4.78, 5) is 30.1. The molecule has 1 fully saturated rings. The molecular weight excluding hydrogens is 324 g/mol. The minimum Gasteiger partial charge on any atom is -0.469 e. The van der Waals surface area contributed by atoms with E-state index in [2.05, 4.69) is 28.2 Å². The normalized spacial score (nSPS) is 22.2. The van der Waals surface area contributed by atoms with Gasteiger partial charge in [-0.05, 0) is 55.8 Å². The predicted octanol–water partition coefficient (Wildman–Crippen LogP) is 2.47. The van der Waals surface area contributed by atoms with E-state index in [-0.39, 0.29) is 23.8 Å². The molecule has 3 rings (SSSR count). The lowest BCUT2D eigenvalue weighted by molar-refractivity contribution is -0.147. The number of esters is 1. The molecule has 0 aliphatic carbocycles. The molecule has 3 heterocycles. The van der Waals surface area contributed by atoms with Crippen molar-refractivity contribution in [2.24, 2.45) is 5.92 Å². The van der Waals surface area contributed by atoms with Gasteiger partial charge in [0.2, 0.25) is 5.91 Å². The van der Waals surface area contributed by atoms with E-state index < -0.39 is 0 Å². The molecule has 1 unspecified atom stereocenters. The molecule has 5 nitrogen and oxygen atoms in total. The first-order valence-corrected chi connectivity index (χ1v) is 9.68. The molecular formula is C18H26N2O3S. The predicted molar refractivity (Wildman–Crippen MR) is 93.9 cm³/mol. The van der Waals surface area contributed by atoms with Crippen LogP contribution in [0, 0.1) is 5.92 Å². The highest BCUT2D eigenvalue weighted by atomic mass is 32.1. The molecule has 0 aromatic carbocycles. The van der Waals surface area contributed by atoms with E-state index in [1.54, 1.807) is 11.3 Å². The Hall–Kier alpha value is -1.40. The van der Waals surface area contributed by atoms with Gasteiger partial charge in [-0.25, -0.2) is 0 Å². The molecule has 24 heavy (non-hydrogen) atoms. The smallest absolute Gasteiger partial charge is 0.308 e. The number of hydrogen-bond donors (Lipinski definition) is 0. The van der Waals surface area contributed by atoms with Gasteiger partial charge in [0.1, 0.15) is 0 Å². The first-order valence-electron chi connectivity index (χ1n) is 8.80. The summed E-state index contributed by atoms with van der Waals surface area (Å²) in [6, 6.07) is 2.40. The lowest BCUT2D eigenvalue weighted by atomic mass is 9.96. The highest BCUT2D eigenvalue weighted by Crippen LogP contribution is 2.35. The van der Waals surface area contributed by atoms with Crippen molar-refractivity contribution < 1.29 is 14.3 Å². The van der Waals surface area contributed by atoms with Gasteiger partial charge in [0.05, 0.1) is 25.6 Å². The van der Waals surface area contributed by atoms with Crippen LogP contribution < -0.4 is 0 Å². The molecule has 1 atom stereocenters. The van der Waals surface area contributed by atoms with E-state index in [1.807, 2.05) is 0 Å². The zero-order valence-electron chi connectivity index (χ0n) is 14.5. The van der Waals surface area contributed by atoms with Gasteiger partial charge in [-0.3, -0.25) is 14.5 Å². The highest BCUT2D eigenvalue weighted by molar-refractivity contribution is 7.10. The topological polar surface area (TPSA) is 49.9 Å². The Labute approximate surface area is 147 Å². The summed E-state index contributed by atoms with van der Waals surface area (Å²) in [5.74, 6) is 0.0938. The molecule has 0 radical (unpaired) electrons. The average Bonchev–Trinajstić information content (AvgIpc) is 3.09. The molecule has 1 saturated heterocycles. The van der Waals surface area contributed by atoms with Crippen LogP contribution in [0.5, 0.6) is 0 Å². The number of ether oxygens (including phenoxy) is 1. The molecule has 2 aliphatic heterocycles. The Balaban J connectivity index is 1.57. The van der Waals surface area contributed by atoms with E-state index in [1.165, 1.54) is 17.6 Å². The summed E-state index contributed by atoms with van der Waals surface area (Å²) >= 11 is 1.81. The van der Waals surface area contributed by atoms with Gasteiger partial charge >= 0.3 is 5.97 Å². The van der Waals surface area contributed by atoms with Crippen molar-refractivity contribution in [2.45, 2.75) is 38.6 Å². The fraction of sp³-hybridized carbons (Fsp3) is 0.667. The Kier molecular flexibility index (Phi) is 5.56. The molecule has 1 aromatic heterocycles. The summed E-state index contributed by atoms with van der Waals surface area (Å²) in [6.07, 6.45) is 3.50. The number of methoxy groups -OCH3 is 1. The number of piperidine rings is 1. The van der Waals surface area contributed by atoms with Crippen LogP contribution in [0.3, 0.4) is 0 Å². The summed E-state index contributed by atoms with van der Waals surface area (Å²) in [5, 5.41) is 2.14. The van der Waals surface area contributed by atoms with Gasteiger partial charge in [0.25, 0.3) is 0 Å². The maximum absolute atomic E-state index is 12.8. The summed E-state index contributed by atoms with van der Waals surface area (Å²) in [7, 11) is 1.44. The zero-order chi connectivity index (χ0) is 17.1. The summed E-state index contributed by atoms with van der Waals surface area (Å²) in [5.41, 5.74) is 1.34. The van der Waals surface area contributed by atoms with Gasteiger partial charge in [0.15, 0.2) is 0 Å². The van der Waals surface area contributed by atoms with Gasteiger partial charge in [-0.2, -0.15) is 0 Å². The number of fused-ring (bicyclic) bond motifs is 1. The van der Waals surface area contributed by atoms with E-state index >= 15 is 0 Å². The zero-order valence-corrected chi connectivity index (χ0v) is 15.3. The second-order valence-corrected chi connectivity index (χ2v) is 7.63. The summed E-state index contributed by atoms with van der Waals surface area (Å²) in [6.45, 7) is 5.02. The minimum absolute atomic E-state index is 0.00639. The van der Waals surface area contributed by atoms with E-state index in [4.69, 9.17) is 4.74 Å². The number of carbonyl (C=O) groups is 2. The third-order valence-electron chi connectivity index (χ3n) is 5.28. The summed E-state index contributed by atoms with van der Waals surface area (Å²) < 4.78 is 4.82. The van der Waals surface area contributed by atoms with E-state index in [0.717, 1.165) is 45.3 Å². The number of amides is 1. The van der Waals surface area contributed by atoms with Crippen molar-refractivity contribution in [1.82, 2.24) is 9.80 Å². The molecule has 6 heteroatoms. The molecule has 0 bridgehead atoms. The van der Waals surface area contributed by atoms with Gasteiger partial charge in [-0.1, -0.05) is 6.92 Å². The molecule has 0 N–H and O–H groups in total. The van der Waals surface area contributed by atoms with Crippen LogP contribution in [0.15, 0.2) is 11.4 Å². The highest BCUT2D eigenvalue weighted by Gasteiger charge is 2.32. The number of likely N-dealkylation sites (tertiary alicyclic amines) is 1. The Morgan fingerprint density at radius 3 is 2.71 bits per heavy atom. The van der Waals surface area contributed by atoms with Crippen molar-refractivity contribution in [3.05, 3.63) is 21.9 Å². The van der Waals surface area contributed by atoms with Crippen molar-refractivity contribution in [3.63, 3.8) is 0 Å². The minimum atomic E-state index is -0.118. The molecule has 0 saturated carbocycles. The van der Waals surface area contributed by atoms with Crippen LogP contribution in [-0.4, -0.2) is 55.0 Å². The van der Waals surface area contributed by atoms with Gasteiger partial charge in [-0.15, -0.1) is 11.3 Å². The lowest BCUT2D eigenvalue weighted by Crippen LogP contribution is -2.47. The Morgan fingerprint density at radius 2 is 2.04 bits per heavy atom. The number of hydrogen-bond acceptors (Lipinski definition) is 5. The third kappa shape index (κ3) is 3.49. The van der Waals surface area contributed by atoms with Crippen molar-refractivity contribution in [2.75, 3.05) is 33.3 Å². The second kappa shape index (κ2) is 7.66. The molecule has 2 aliphatic rings. The number of rotatable bonds is 4. The lowest BCUT2D eigenvalue weighted by Gasteiger charge is -2.38. The van der Waals surface area contributed by atoms with E-state index in [0.29, 0.717) is 6.54 Å². The maximum Gasteiger partial charge on any atom is 0.308 e. The van der Waals surface area contributed by atoms with Crippen LogP contribution in [0.4, 0.5) is 0 Å². The van der Waals surface area contributed by atoms with Crippen molar-refractivity contribution in [1.29, 1.82) is 0 Å². The van der Waals surface area contributed by atoms with Crippen molar-refractivity contribution >= 4 is 23.2 Å². The van der Waals surface area contributed by atoms with Crippen LogP contribution >= 0.6 is 11.3 Å². The van der Waals surface area contributed by atoms with Crippen LogP contribution in [0.25, 0.3) is 0 Å². The molecule has 1 amide bonds. The van der Waals surface area contributed by atoms with Gasteiger partial charge < -0.3 is 9.64 Å². The number of nitrogens with zero attached hydrogens (tertiary/aromatic N) is 2. The van der Waals surface area contributed by atoms with Crippen LogP contribution in [0.2, 0.25) is 0 Å². The average molecular weight is 350 g/mol. The molecule has 132 valence electrons. The molecule has 1 aromatic rings. The largest absolute Gasteiger partial charge is 0.469 e. The molecule has 0 spiro atoms. The third-order valence-corrected chi connectivity index (χ3v) is 6.28. The van der Waals surface area contributed by atoms with Crippen LogP contribution in [0.1, 0.15) is 42.7 Å². The Morgan fingerprint density at radius 1 is 1.29 bits per heavy atom. The fourth-order valence-corrected chi connectivity index (χ4v) is 4.84. The number of thiophene rings is 1. The van der Waals surface area contributed by atoms with E-state index in [9.17, 15) is 9.59 Å². The quantitative estimate of drug-likeness (QED) is 0.783. The number of carbonyl (C=O) groups excluding carboxylic acids is 2. The second-order valence-electron chi connectivity index (χ2n) is 6.63. The fourth-order valence-electron chi connectivity index (χ4n) is 3.91. The first-order chi connectivity index (χ1) is 11.6. The Bertz CT molecular complexity index is 593. The SMILES string of the molecule is CCC1c2ccsc2CCN1C(=O)CN1CCC(C(=O)OC)CC1. The standard InChI is InChI=1S/C18H26N2O3S/c1-3-15-14-7-11-24-16(14)6-10-20(15)17(21)12-19-8-4-13(5-9-19)18(22)23-2/h7,11,13,15H,3-6,8-10,12H2,1-2H3. The van der Waals surface area contributed by atoms with Crippen LogP contribution in [-0.2, 0) is 20.7 Å². The van der Waals surface area contributed by atoms with Crippen molar-refractivity contribution in [3.8, 4) is 0 Å². The monoisotopic (exact) mass is 350 g/mol. The van der Waals surface area contributed by atoms with Gasteiger partial charge in [0, 0.05) is 11.4 Å². The first kappa shape index (κ1) is 17.4.